The van der Waals surface area contributed by atoms with Crippen molar-refractivity contribution in [1.29, 1.82) is 0 Å². The van der Waals surface area contributed by atoms with E-state index in [0.717, 1.165) is 29.3 Å². The van der Waals surface area contributed by atoms with E-state index in [-0.39, 0.29) is 17.0 Å². The second kappa shape index (κ2) is 5.86. The van der Waals surface area contributed by atoms with Crippen LogP contribution in [0.15, 0.2) is 30.3 Å². The van der Waals surface area contributed by atoms with Crippen LogP contribution in [-0.2, 0) is 6.16 Å². The van der Waals surface area contributed by atoms with Gasteiger partial charge in [-0.05, 0) is 73.2 Å². The van der Waals surface area contributed by atoms with Crippen LogP contribution in [0.4, 0.5) is 0 Å². The highest BCUT2D eigenvalue weighted by Crippen LogP contribution is 2.58. The third-order valence-electron chi connectivity index (χ3n) is 5.61. The molecule has 0 saturated heterocycles. The van der Waals surface area contributed by atoms with Crippen molar-refractivity contribution in [2.75, 3.05) is 0 Å². The van der Waals surface area contributed by atoms with E-state index in [2.05, 4.69) is 30.3 Å². The Morgan fingerprint density at radius 2 is 1.42 bits per heavy atom. The van der Waals surface area contributed by atoms with Crippen LogP contribution in [0.5, 0.6) is 0 Å². The van der Waals surface area contributed by atoms with Gasteiger partial charge in [0.25, 0.3) is 0 Å². The first-order valence-corrected chi connectivity index (χ1v) is 8.94. The van der Waals surface area contributed by atoms with Crippen LogP contribution in [0.3, 0.4) is 0 Å². The van der Waals surface area contributed by atoms with Gasteiger partial charge in [0.1, 0.15) is 0 Å². The van der Waals surface area contributed by atoms with Crippen LogP contribution in [0.25, 0.3) is 0 Å². The molecule has 19 heavy (non-hydrogen) atoms. The Bertz CT molecular complexity index is 389. The lowest BCUT2D eigenvalue weighted by Gasteiger charge is -2.54. The number of hydrogen-bond acceptors (Lipinski definition) is 0. The quantitative estimate of drug-likeness (QED) is 0.658. The van der Waals surface area contributed by atoms with Crippen molar-refractivity contribution >= 4 is 25.6 Å². The van der Waals surface area contributed by atoms with Gasteiger partial charge in [0.15, 0.2) is 0 Å². The molecule has 0 N–H and O–H groups in total. The maximum atomic E-state index is 2.31. The zero-order valence-electron chi connectivity index (χ0n) is 11.4. The summed E-state index contributed by atoms with van der Waals surface area (Å²) in [6.07, 6.45) is 9.26. The number of benzene rings is 1. The molecule has 2 heteroatoms. The third kappa shape index (κ3) is 2.79. The van der Waals surface area contributed by atoms with Gasteiger partial charge < -0.3 is 0 Å². The smallest absolute Gasteiger partial charge is 0.00979 e. The molecule has 5 rings (SSSR count). The van der Waals surface area contributed by atoms with E-state index in [1.807, 2.05) is 0 Å². The molecule has 4 aliphatic carbocycles. The first-order valence-electron chi connectivity index (χ1n) is 7.66. The van der Waals surface area contributed by atoms with Gasteiger partial charge in [0, 0.05) is 0 Å². The summed E-state index contributed by atoms with van der Waals surface area (Å²) in [7, 11) is 1.19. The van der Waals surface area contributed by atoms with E-state index in [9.17, 15) is 0 Å². The van der Waals surface area contributed by atoms with Crippen LogP contribution in [0, 0.1) is 23.7 Å². The van der Waals surface area contributed by atoms with E-state index in [1.165, 1.54) is 14.7 Å². The van der Waals surface area contributed by atoms with E-state index in [4.69, 9.17) is 0 Å². The topological polar surface area (TPSA) is 0 Å². The molecule has 0 heterocycles. The third-order valence-corrected chi connectivity index (χ3v) is 7.64. The van der Waals surface area contributed by atoms with Crippen LogP contribution in [-0.4, -0.2) is 5.66 Å². The van der Waals surface area contributed by atoms with Crippen molar-refractivity contribution in [2.45, 2.75) is 43.9 Å². The monoisotopic (exact) mass is 338 g/mol. The van der Waals surface area contributed by atoms with Crippen molar-refractivity contribution in [3.8, 4) is 0 Å². The van der Waals surface area contributed by atoms with Gasteiger partial charge in [0.2, 0.25) is 0 Å². The molecule has 1 aromatic rings. The van der Waals surface area contributed by atoms with Gasteiger partial charge in [-0.2, -0.15) is 0 Å². The molecule has 4 bridgehead atoms. The Hall–Kier alpha value is 0.130. The molecule has 0 aromatic heterocycles. The molecular weight excluding hydrogens is 315 g/mol. The molecule has 0 spiro atoms. The van der Waals surface area contributed by atoms with Gasteiger partial charge in [-0.25, -0.2) is 0 Å². The zero-order valence-corrected chi connectivity index (χ0v) is 14.1. The van der Waals surface area contributed by atoms with Crippen molar-refractivity contribution in [3.63, 3.8) is 0 Å². The fraction of sp³-hybridized carbons (Fsp3) is 0.647. The number of halogens is 1. The predicted molar refractivity (Wildman–Crippen MR) is 89.6 cm³/mol. The van der Waals surface area contributed by atoms with Gasteiger partial charge in [0.05, 0.1) is 0 Å². The summed E-state index contributed by atoms with van der Waals surface area (Å²) in [6.45, 7) is 0. The van der Waals surface area contributed by atoms with E-state index in [0.29, 0.717) is 0 Å². The first kappa shape index (κ1) is 14.1. The van der Waals surface area contributed by atoms with E-state index in [1.54, 1.807) is 37.7 Å². The van der Waals surface area contributed by atoms with E-state index >= 15 is 0 Å². The van der Waals surface area contributed by atoms with Gasteiger partial charge in [-0.3, -0.25) is 0 Å². The average molecular weight is 339 g/mol. The zero-order chi connectivity index (χ0) is 11.9. The summed E-state index contributed by atoms with van der Waals surface area (Å²) in [5.41, 5.74) is 2.66. The molecule has 104 valence electrons. The molecule has 0 aliphatic heterocycles. The van der Waals surface area contributed by atoms with Crippen LogP contribution >= 0.6 is 25.6 Å². The summed E-state index contributed by atoms with van der Waals surface area (Å²) < 4.78 is 0. The molecule has 4 saturated carbocycles. The molecule has 1 unspecified atom stereocenters. The molecule has 4 fully saturated rings. The highest BCUT2D eigenvalue weighted by molar-refractivity contribution is 8.93. The normalized spacial score (nSPS) is 39.7. The SMILES string of the molecule is Br.c1ccc(CPC2C3CC4CC(C3)CC2C4)cc1. The minimum Gasteiger partial charge on any atom is -0.114 e. The lowest BCUT2D eigenvalue weighted by atomic mass is 9.56. The maximum absolute atomic E-state index is 2.31. The Kier molecular flexibility index (Phi) is 4.34. The van der Waals surface area contributed by atoms with Gasteiger partial charge >= 0.3 is 0 Å². The Morgan fingerprint density at radius 3 is 2.00 bits per heavy atom. The molecule has 1 atom stereocenters. The fourth-order valence-electron chi connectivity index (χ4n) is 5.09. The molecule has 4 aliphatic rings. The lowest BCUT2D eigenvalue weighted by Crippen LogP contribution is -2.46. The summed E-state index contributed by atoms with van der Waals surface area (Å²) in [5, 5.41) is 0. The van der Waals surface area contributed by atoms with Gasteiger partial charge in [-0.15, -0.1) is 25.6 Å². The largest absolute Gasteiger partial charge is 0.114 e. The second-order valence-corrected chi connectivity index (χ2v) is 8.25. The van der Waals surface area contributed by atoms with Crippen molar-refractivity contribution in [3.05, 3.63) is 35.9 Å². The molecular formula is C17H24BrP. The van der Waals surface area contributed by atoms with Crippen molar-refractivity contribution < 1.29 is 0 Å². The van der Waals surface area contributed by atoms with Crippen LogP contribution in [0.2, 0.25) is 0 Å². The number of hydrogen-bond donors (Lipinski definition) is 0. The molecule has 0 amide bonds. The lowest BCUT2D eigenvalue weighted by molar-refractivity contribution is 0.0256. The maximum Gasteiger partial charge on any atom is -0.00979 e. The first-order chi connectivity index (χ1) is 8.88. The highest BCUT2D eigenvalue weighted by Gasteiger charge is 2.47. The summed E-state index contributed by atoms with van der Waals surface area (Å²) in [4.78, 5) is 0. The summed E-state index contributed by atoms with van der Waals surface area (Å²) in [6, 6.07) is 11.1. The van der Waals surface area contributed by atoms with Crippen molar-refractivity contribution in [1.82, 2.24) is 0 Å². The fourth-order valence-corrected chi connectivity index (χ4v) is 7.01. The minimum atomic E-state index is 0. The molecule has 0 radical (unpaired) electrons. The number of rotatable bonds is 3. The Balaban J connectivity index is 0.00000110. The van der Waals surface area contributed by atoms with Crippen LogP contribution < -0.4 is 0 Å². The Labute approximate surface area is 129 Å². The minimum absolute atomic E-state index is 0. The standard InChI is InChI=1S/C17H23P.BrH/c1-2-4-12(5-3-1)11-18-17-15-7-13-6-14(9-15)10-16(17)8-13;/h1-5,13-18H,6-11H2;1H. The van der Waals surface area contributed by atoms with Crippen molar-refractivity contribution in [2.24, 2.45) is 23.7 Å². The summed E-state index contributed by atoms with van der Waals surface area (Å²) >= 11 is 0. The second-order valence-electron chi connectivity index (χ2n) is 6.82. The summed E-state index contributed by atoms with van der Waals surface area (Å²) in [5.74, 6) is 4.49. The Morgan fingerprint density at radius 1 is 0.842 bits per heavy atom. The van der Waals surface area contributed by atoms with E-state index < -0.39 is 0 Å². The molecule has 0 nitrogen and oxygen atoms in total. The van der Waals surface area contributed by atoms with Crippen LogP contribution in [0.1, 0.15) is 37.7 Å². The average Bonchev–Trinajstić information content (AvgIpc) is 2.38. The van der Waals surface area contributed by atoms with Gasteiger partial charge in [-0.1, -0.05) is 30.3 Å². The molecule has 1 aromatic carbocycles. The predicted octanol–water partition coefficient (Wildman–Crippen LogP) is 5.27. The highest BCUT2D eigenvalue weighted by atomic mass is 79.9.